The van der Waals surface area contributed by atoms with E-state index >= 15 is 0 Å². The van der Waals surface area contributed by atoms with Gasteiger partial charge < -0.3 is 35.3 Å². The number of amides is 1. The molecule has 1 aromatic rings. The van der Waals surface area contributed by atoms with Gasteiger partial charge in [-0.2, -0.15) is 0 Å². The number of aromatic hydroxyl groups is 1. The first-order valence-electron chi connectivity index (χ1n) is 16.0. The Kier molecular flexibility index (Phi) is 9.50. The number of hydrogen-bond donors (Lipinski definition) is 5. The second kappa shape index (κ2) is 13.0. The van der Waals surface area contributed by atoms with Crippen LogP contribution in [0.4, 0.5) is 5.69 Å². The van der Waals surface area contributed by atoms with Crippen LogP contribution in [0.5, 0.6) is 5.75 Å². The number of carbonyl (C=O) groups is 3. The number of benzene rings is 1. The summed E-state index contributed by atoms with van der Waals surface area (Å²) in [6.07, 6.45) is 5.09. The number of hydrogen-bond acceptors (Lipinski definition) is 12. The number of nitro benzene ring substituents is 1. The van der Waals surface area contributed by atoms with E-state index in [1.54, 1.807) is 0 Å². The second-order valence-corrected chi connectivity index (χ2v) is 13.9. The number of carbonyl (C=O) groups excluding carboxylic acids is 3. The average molecular weight is 658 g/mol. The summed E-state index contributed by atoms with van der Waals surface area (Å²) in [6.45, 7) is 2.82. The highest BCUT2D eigenvalue weighted by Gasteiger charge is 2.68. The summed E-state index contributed by atoms with van der Waals surface area (Å²) >= 11 is 0. The molecule has 14 nitrogen and oxygen atoms in total. The first kappa shape index (κ1) is 34.5. The first-order valence-corrected chi connectivity index (χ1v) is 16.0. The Balaban J connectivity index is 1.23. The highest BCUT2D eigenvalue weighted by atomic mass is 16.6. The van der Waals surface area contributed by atoms with Crippen LogP contribution in [0.25, 0.3) is 0 Å². The number of oxime groups is 1. The van der Waals surface area contributed by atoms with Gasteiger partial charge in [-0.15, -0.1) is 0 Å². The van der Waals surface area contributed by atoms with Crippen LogP contribution >= 0.6 is 0 Å². The molecule has 0 unspecified atom stereocenters. The number of Topliss-reactive ketones (excluding diaryl/α,β-unsaturated/α-hetero) is 1. The number of aliphatic hydroxyl groups excluding tert-OH is 2. The molecule has 4 aliphatic rings. The molecule has 1 aromatic carbocycles. The van der Waals surface area contributed by atoms with Crippen LogP contribution < -0.4 is 5.32 Å². The van der Waals surface area contributed by atoms with Crippen molar-refractivity contribution in [2.75, 3.05) is 20.3 Å². The van der Waals surface area contributed by atoms with Gasteiger partial charge in [0.1, 0.15) is 18.2 Å². The first-order chi connectivity index (χ1) is 22.2. The number of aliphatic hydroxyl groups is 3. The Hall–Kier alpha value is -3.88. The van der Waals surface area contributed by atoms with E-state index in [2.05, 4.69) is 17.4 Å². The Bertz CT molecular complexity index is 1510. The number of ketones is 1. The van der Waals surface area contributed by atoms with E-state index in [0.29, 0.717) is 30.5 Å². The van der Waals surface area contributed by atoms with Crippen LogP contribution in [-0.4, -0.2) is 86.8 Å². The van der Waals surface area contributed by atoms with Crippen molar-refractivity contribution in [3.05, 3.63) is 45.5 Å². The van der Waals surface area contributed by atoms with Crippen molar-refractivity contribution in [2.24, 2.45) is 33.7 Å². The predicted octanol–water partition coefficient (Wildman–Crippen LogP) is 2.10. The highest BCUT2D eigenvalue weighted by Crippen LogP contribution is 2.67. The Morgan fingerprint density at radius 1 is 1.19 bits per heavy atom. The number of fused-ring (bicyclic) bond motifs is 5. The number of rotatable bonds is 10. The summed E-state index contributed by atoms with van der Waals surface area (Å²) in [5.74, 6) is -2.42. The quantitative estimate of drug-likeness (QED) is 0.139. The standard InChI is InChI=1S/C33H43N3O11/c1-31-10-8-20(35-47-17-28(41)34-23(30(42)46-3)12-18-4-7-25(38)24(13-18)36(44)45)14-19(31)5-6-21-22-9-11-33(43,27(40)16-37)32(22,2)15-26(39)29(21)31/h4,7,13-14,21-23,26,29,37-39,43H,5-6,8-12,15-17H2,1-3H3,(H,34,41)/b35-20+/t21-,22+,23+,26-,29-,31+,32+,33+/m1/s1. The fourth-order valence-corrected chi connectivity index (χ4v) is 9.19. The van der Waals surface area contributed by atoms with Crippen LogP contribution in [0.3, 0.4) is 0 Å². The number of phenolic OH excluding ortho intramolecular Hbond substituents is 1. The molecule has 0 saturated heterocycles. The van der Waals surface area contributed by atoms with E-state index < -0.39 is 70.4 Å². The molecule has 14 heteroatoms. The molecule has 0 radical (unpaired) electrons. The zero-order chi connectivity index (χ0) is 34.3. The van der Waals surface area contributed by atoms with Gasteiger partial charge in [0.05, 0.1) is 23.8 Å². The molecule has 5 rings (SSSR count). The van der Waals surface area contributed by atoms with Crippen molar-refractivity contribution in [3.8, 4) is 5.75 Å². The third kappa shape index (κ3) is 6.02. The summed E-state index contributed by atoms with van der Waals surface area (Å²) in [5, 5.41) is 60.1. The zero-order valence-electron chi connectivity index (χ0n) is 26.8. The molecule has 0 spiro atoms. The molecule has 0 aliphatic heterocycles. The molecular weight excluding hydrogens is 614 g/mol. The van der Waals surface area contributed by atoms with Crippen LogP contribution in [0.15, 0.2) is 35.0 Å². The minimum Gasteiger partial charge on any atom is -0.502 e. The number of phenols is 1. The number of ether oxygens (including phenoxy) is 1. The molecular formula is C33H43N3O11. The van der Waals surface area contributed by atoms with Gasteiger partial charge in [-0.3, -0.25) is 19.7 Å². The summed E-state index contributed by atoms with van der Waals surface area (Å²) in [4.78, 5) is 53.4. The van der Waals surface area contributed by atoms with E-state index in [0.717, 1.165) is 37.7 Å². The van der Waals surface area contributed by atoms with Gasteiger partial charge in [0, 0.05) is 17.9 Å². The van der Waals surface area contributed by atoms with Crippen molar-refractivity contribution in [1.82, 2.24) is 5.32 Å². The predicted molar refractivity (Wildman–Crippen MR) is 166 cm³/mol. The molecule has 0 bridgehead atoms. The molecule has 0 aromatic heterocycles. The monoisotopic (exact) mass is 657 g/mol. The molecule has 4 aliphatic carbocycles. The number of allylic oxidation sites excluding steroid dienone is 2. The van der Waals surface area contributed by atoms with Gasteiger partial charge in [0.15, 0.2) is 18.1 Å². The lowest BCUT2D eigenvalue weighted by atomic mass is 9.45. The van der Waals surface area contributed by atoms with Crippen molar-refractivity contribution in [2.45, 2.75) is 83.0 Å². The van der Waals surface area contributed by atoms with Gasteiger partial charge in [0.2, 0.25) is 0 Å². The van der Waals surface area contributed by atoms with Crippen molar-refractivity contribution < 1.29 is 49.3 Å². The topological polar surface area (TPSA) is 218 Å². The van der Waals surface area contributed by atoms with E-state index in [9.17, 15) is 44.9 Å². The van der Waals surface area contributed by atoms with Crippen LogP contribution in [0.1, 0.15) is 64.4 Å². The Morgan fingerprint density at radius 2 is 1.94 bits per heavy atom. The minimum atomic E-state index is -1.64. The van der Waals surface area contributed by atoms with E-state index in [1.165, 1.54) is 6.07 Å². The van der Waals surface area contributed by atoms with Crippen molar-refractivity contribution >= 4 is 29.1 Å². The molecule has 256 valence electrons. The fourth-order valence-electron chi connectivity index (χ4n) is 9.19. The van der Waals surface area contributed by atoms with E-state index in [1.807, 2.05) is 13.0 Å². The maximum atomic E-state index is 12.7. The number of nitrogens with zero attached hydrogens (tertiary/aromatic N) is 2. The molecule has 0 heterocycles. The van der Waals surface area contributed by atoms with Gasteiger partial charge in [-0.25, -0.2) is 4.79 Å². The normalized spacial score (nSPS) is 34.3. The zero-order valence-corrected chi connectivity index (χ0v) is 26.8. The van der Waals surface area contributed by atoms with Gasteiger partial charge in [0.25, 0.3) is 5.91 Å². The Labute approximate surface area is 272 Å². The lowest BCUT2D eigenvalue weighted by molar-refractivity contribution is -0.385. The number of nitro groups is 1. The molecule has 3 fully saturated rings. The molecule has 1 amide bonds. The van der Waals surface area contributed by atoms with Crippen LogP contribution in [0.2, 0.25) is 0 Å². The summed E-state index contributed by atoms with van der Waals surface area (Å²) in [6, 6.07) is 2.50. The highest BCUT2D eigenvalue weighted by molar-refractivity contribution is 5.96. The van der Waals surface area contributed by atoms with Crippen LogP contribution in [-0.2, 0) is 30.4 Å². The summed E-state index contributed by atoms with van der Waals surface area (Å²) < 4.78 is 4.78. The second-order valence-electron chi connectivity index (χ2n) is 13.9. The lowest BCUT2D eigenvalue weighted by Gasteiger charge is -2.60. The maximum Gasteiger partial charge on any atom is 0.328 e. The largest absolute Gasteiger partial charge is 0.502 e. The number of esters is 1. The fraction of sp³-hybridized carbons (Fsp3) is 0.636. The van der Waals surface area contributed by atoms with E-state index in [-0.39, 0.29) is 42.4 Å². The summed E-state index contributed by atoms with van der Waals surface area (Å²) in [7, 11) is 1.15. The number of methoxy groups -OCH3 is 1. The lowest BCUT2D eigenvalue weighted by Crippen LogP contribution is -2.62. The average Bonchev–Trinajstić information content (AvgIpc) is 3.30. The van der Waals surface area contributed by atoms with Crippen molar-refractivity contribution in [1.29, 1.82) is 0 Å². The molecule has 5 N–H and O–H groups in total. The van der Waals surface area contributed by atoms with Crippen molar-refractivity contribution in [3.63, 3.8) is 0 Å². The molecule has 8 atom stereocenters. The van der Waals surface area contributed by atoms with E-state index in [4.69, 9.17) is 9.57 Å². The third-order valence-corrected chi connectivity index (χ3v) is 11.5. The van der Waals surface area contributed by atoms with Gasteiger partial charge in [-0.05, 0) is 85.8 Å². The number of nitrogens with one attached hydrogen (secondary N) is 1. The molecule has 3 saturated carbocycles. The summed E-state index contributed by atoms with van der Waals surface area (Å²) in [5.41, 5.74) is -1.20. The molecule has 47 heavy (non-hydrogen) atoms. The van der Waals surface area contributed by atoms with Gasteiger partial charge >= 0.3 is 11.7 Å². The minimum absolute atomic E-state index is 0.0460. The third-order valence-electron chi connectivity index (χ3n) is 11.5. The smallest absolute Gasteiger partial charge is 0.328 e. The SMILES string of the molecule is COC(=O)[C@H](Cc1ccc(O)c([N+](=O)[O-])c1)NC(=O)CO/N=C1/C=C2CC[C@H]3[C@H]([C@H](O)C[C@@]4(C)[C@H]3CC[C@]4(O)C(=O)CO)[C@@]2(C)CC1. The van der Waals surface area contributed by atoms with Gasteiger partial charge in [-0.1, -0.05) is 30.6 Å². The maximum absolute atomic E-state index is 12.7. The Morgan fingerprint density at radius 3 is 2.62 bits per heavy atom. The van der Waals surface area contributed by atoms with Crippen LogP contribution in [0, 0.1) is 38.7 Å².